The minimum absolute atomic E-state index is 0.0112. The van der Waals surface area contributed by atoms with E-state index in [4.69, 9.17) is 9.47 Å². The number of hydrogen-bond acceptors (Lipinski definition) is 5. The van der Waals surface area contributed by atoms with E-state index in [9.17, 15) is 4.79 Å². The van der Waals surface area contributed by atoms with E-state index in [1.54, 1.807) is 11.3 Å². The van der Waals surface area contributed by atoms with Crippen LogP contribution in [0.1, 0.15) is 42.1 Å². The largest absolute Gasteiger partial charge is 0.486 e. The predicted molar refractivity (Wildman–Crippen MR) is 105 cm³/mol. The molecule has 1 aromatic heterocycles. The van der Waals surface area contributed by atoms with Crippen LogP contribution in [0.15, 0.2) is 23.6 Å². The molecule has 0 unspecified atom stereocenters. The number of benzene rings is 1. The number of carbonyl (C=O) groups is 1. The summed E-state index contributed by atoms with van der Waals surface area (Å²) in [5.74, 6) is 0.846. The second-order valence-corrected chi connectivity index (χ2v) is 7.50. The Labute approximate surface area is 160 Å². The summed E-state index contributed by atoms with van der Waals surface area (Å²) in [6, 6.07) is 6.31. The molecule has 0 fully saturated rings. The standard InChI is InChI=1S/C20H28N2O3S/c1-6-16(4)22(20(23)12-24-5)10-17-13-26-19(21-17)11-25-18-8-14(2)7-15(3)9-18/h7-9,13,16H,6,10-12H2,1-5H3/t16-/m1/s1. The number of methoxy groups -OCH3 is 1. The minimum atomic E-state index is -0.0112. The molecule has 2 aromatic rings. The summed E-state index contributed by atoms with van der Waals surface area (Å²) < 4.78 is 10.9. The molecule has 2 rings (SSSR count). The van der Waals surface area contributed by atoms with E-state index in [1.165, 1.54) is 18.2 Å². The van der Waals surface area contributed by atoms with Crippen molar-refractivity contribution in [1.82, 2.24) is 9.88 Å². The number of ether oxygens (including phenoxy) is 2. The van der Waals surface area contributed by atoms with Gasteiger partial charge in [0.05, 0.1) is 12.2 Å². The van der Waals surface area contributed by atoms with Gasteiger partial charge in [-0.05, 0) is 50.5 Å². The highest BCUT2D eigenvalue weighted by atomic mass is 32.1. The molecule has 26 heavy (non-hydrogen) atoms. The summed E-state index contributed by atoms with van der Waals surface area (Å²) in [4.78, 5) is 18.7. The Bertz CT molecular complexity index is 709. The van der Waals surface area contributed by atoms with Gasteiger partial charge >= 0.3 is 0 Å². The third-order valence-electron chi connectivity index (χ3n) is 4.20. The summed E-state index contributed by atoms with van der Waals surface area (Å²) in [7, 11) is 1.54. The Hall–Kier alpha value is -1.92. The highest BCUT2D eigenvalue weighted by Crippen LogP contribution is 2.20. The fourth-order valence-corrected chi connectivity index (χ4v) is 3.44. The van der Waals surface area contributed by atoms with E-state index in [1.807, 2.05) is 29.3 Å². The molecule has 0 bridgehead atoms. The van der Waals surface area contributed by atoms with Crippen molar-refractivity contribution in [3.05, 3.63) is 45.4 Å². The second kappa shape index (κ2) is 9.69. The van der Waals surface area contributed by atoms with Crippen molar-refractivity contribution in [2.45, 2.75) is 53.3 Å². The third-order valence-corrected chi connectivity index (χ3v) is 5.07. The molecule has 0 saturated carbocycles. The highest BCUT2D eigenvalue weighted by molar-refractivity contribution is 7.09. The van der Waals surface area contributed by atoms with Crippen molar-refractivity contribution in [2.75, 3.05) is 13.7 Å². The Morgan fingerprint density at radius 3 is 2.58 bits per heavy atom. The van der Waals surface area contributed by atoms with Gasteiger partial charge in [0.2, 0.25) is 5.91 Å². The lowest BCUT2D eigenvalue weighted by Crippen LogP contribution is -2.39. The molecule has 1 atom stereocenters. The maximum atomic E-state index is 12.3. The van der Waals surface area contributed by atoms with Gasteiger partial charge in [-0.15, -0.1) is 11.3 Å². The first-order chi connectivity index (χ1) is 12.4. The van der Waals surface area contributed by atoms with Crippen molar-refractivity contribution in [3.8, 4) is 5.75 Å². The van der Waals surface area contributed by atoms with E-state index in [-0.39, 0.29) is 18.6 Å². The summed E-state index contributed by atoms with van der Waals surface area (Å²) in [5, 5.41) is 2.90. The van der Waals surface area contributed by atoms with Gasteiger partial charge in [0.1, 0.15) is 24.0 Å². The number of carbonyl (C=O) groups excluding carboxylic acids is 1. The van der Waals surface area contributed by atoms with Crippen molar-refractivity contribution in [1.29, 1.82) is 0 Å². The van der Waals surface area contributed by atoms with Crippen LogP contribution in [0.5, 0.6) is 5.75 Å². The SMILES string of the molecule is CC[C@@H](C)N(Cc1csc(COc2cc(C)cc(C)c2)n1)C(=O)COC. The van der Waals surface area contributed by atoms with E-state index in [0.29, 0.717) is 13.2 Å². The van der Waals surface area contributed by atoms with Crippen LogP contribution in [0.2, 0.25) is 0 Å². The molecule has 0 spiro atoms. The molecule has 1 amide bonds. The Balaban J connectivity index is 2.00. The molecule has 6 heteroatoms. The lowest BCUT2D eigenvalue weighted by Gasteiger charge is -2.27. The number of hydrogen-bond donors (Lipinski definition) is 0. The van der Waals surface area contributed by atoms with Crippen LogP contribution in [0.3, 0.4) is 0 Å². The van der Waals surface area contributed by atoms with Crippen molar-refractivity contribution < 1.29 is 14.3 Å². The molecule has 0 aliphatic rings. The van der Waals surface area contributed by atoms with Crippen molar-refractivity contribution in [3.63, 3.8) is 0 Å². The molecular weight excluding hydrogens is 348 g/mol. The summed E-state index contributed by atoms with van der Waals surface area (Å²) in [5.41, 5.74) is 3.25. The molecule has 5 nitrogen and oxygen atoms in total. The predicted octanol–water partition coefficient (Wildman–Crippen LogP) is 4.11. The van der Waals surface area contributed by atoms with Gasteiger partial charge in [-0.1, -0.05) is 13.0 Å². The summed E-state index contributed by atoms with van der Waals surface area (Å²) >= 11 is 1.56. The van der Waals surface area contributed by atoms with E-state index < -0.39 is 0 Å². The topological polar surface area (TPSA) is 51.7 Å². The van der Waals surface area contributed by atoms with Gasteiger partial charge in [-0.25, -0.2) is 4.98 Å². The second-order valence-electron chi connectivity index (χ2n) is 6.56. The van der Waals surface area contributed by atoms with Gasteiger partial charge in [0, 0.05) is 18.5 Å². The van der Waals surface area contributed by atoms with E-state index >= 15 is 0 Å². The fourth-order valence-electron chi connectivity index (χ4n) is 2.74. The van der Waals surface area contributed by atoms with Gasteiger partial charge in [0.15, 0.2) is 0 Å². The van der Waals surface area contributed by atoms with Crippen LogP contribution >= 0.6 is 11.3 Å². The summed E-state index contributed by atoms with van der Waals surface area (Å²) in [6.07, 6.45) is 0.891. The van der Waals surface area contributed by atoms with Gasteiger partial charge in [-0.3, -0.25) is 4.79 Å². The van der Waals surface area contributed by atoms with Crippen LogP contribution in [-0.4, -0.2) is 35.5 Å². The maximum Gasteiger partial charge on any atom is 0.249 e. The highest BCUT2D eigenvalue weighted by Gasteiger charge is 2.20. The molecule has 1 heterocycles. The number of aryl methyl sites for hydroxylation is 2. The zero-order chi connectivity index (χ0) is 19.1. The zero-order valence-corrected chi connectivity index (χ0v) is 17.1. The van der Waals surface area contributed by atoms with Crippen LogP contribution in [-0.2, 0) is 22.7 Å². The average Bonchev–Trinajstić information content (AvgIpc) is 3.04. The number of rotatable bonds is 9. The van der Waals surface area contributed by atoms with Crippen molar-refractivity contribution in [2.24, 2.45) is 0 Å². The normalized spacial score (nSPS) is 12.0. The van der Waals surface area contributed by atoms with E-state index in [0.717, 1.165) is 22.9 Å². The Morgan fingerprint density at radius 1 is 1.27 bits per heavy atom. The lowest BCUT2D eigenvalue weighted by molar-refractivity contribution is -0.138. The lowest BCUT2D eigenvalue weighted by atomic mass is 10.1. The first-order valence-electron chi connectivity index (χ1n) is 8.85. The van der Waals surface area contributed by atoms with Gasteiger partial charge < -0.3 is 14.4 Å². The Kier molecular flexibility index (Phi) is 7.60. The van der Waals surface area contributed by atoms with Gasteiger partial charge in [0.25, 0.3) is 0 Å². The molecule has 0 saturated heterocycles. The molecule has 0 aliphatic carbocycles. The molecule has 0 aliphatic heterocycles. The summed E-state index contributed by atoms with van der Waals surface area (Å²) in [6.45, 7) is 9.26. The molecule has 1 aromatic carbocycles. The van der Waals surface area contributed by atoms with Gasteiger partial charge in [-0.2, -0.15) is 0 Å². The maximum absolute atomic E-state index is 12.3. The minimum Gasteiger partial charge on any atom is -0.486 e. The number of nitrogens with zero attached hydrogens (tertiary/aromatic N) is 2. The zero-order valence-electron chi connectivity index (χ0n) is 16.2. The molecule has 0 N–H and O–H groups in total. The Morgan fingerprint density at radius 2 is 1.96 bits per heavy atom. The molecular formula is C20H28N2O3S. The quantitative estimate of drug-likeness (QED) is 0.661. The molecule has 142 valence electrons. The first kappa shape index (κ1) is 20.4. The van der Waals surface area contributed by atoms with Crippen LogP contribution in [0, 0.1) is 13.8 Å². The van der Waals surface area contributed by atoms with E-state index in [2.05, 4.69) is 31.8 Å². The number of aromatic nitrogens is 1. The van der Waals surface area contributed by atoms with Crippen LogP contribution in [0.4, 0.5) is 0 Å². The smallest absolute Gasteiger partial charge is 0.249 e. The third kappa shape index (κ3) is 5.81. The fraction of sp³-hybridized carbons (Fsp3) is 0.500. The van der Waals surface area contributed by atoms with Crippen molar-refractivity contribution >= 4 is 17.2 Å². The number of amides is 1. The molecule has 0 radical (unpaired) electrons. The monoisotopic (exact) mass is 376 g/mol. The van der Waals surface area contributed by atoms with Crippen LogP contribution < -0.4 is 4.74 Å². The average molecular weight is 377 g/mol. The first-order valence-corrected chi connectivity index (χ1v) is 9.73. The van der Waals surface area contributed by atoms with Crippen LogP contribution in [0.25, 0.3) is 0 Å². The number of thiazole rings is 1.